The minimum Gasteiger partial charge on any atom is -0.506 e. The van der Waals surface area contributed by atoms with Crippen LogP contribution in [0.15, 0.2) is 24.5 Å². The van der Waals surface area contributed by atoms with Crippen LogP contribution in [0.4, 0.5) is 0 Å². The summed E-state index contributed by atoms with van der Waals surface area (Å²) in [6, 6.07) is 3.67. The van der Waals surface area contributed by atoms with Crippen molar-refractivity contribution in [2.45, 2.75) is 13.5 Å². The fourth-order valence-electron chi connectivity index (χ4n) is 1.32. The van der Waals surface area contributed by atoms with Crippen molar-refractivity contribution in [1.82, 2.24) is 9.55 Å². The normalized spacial score (nSPS) is 10.8. The van der Waals surface area contributed by atoms with E-state index in [9.17, 15) is 0 Å². The van der Waals surface area contributed by atoms with E-state index in [0.29, 0.717) is 0 Å². The van der Waals surface area contributed by atoms with Crippen molar-refractivity contribution < 1.29 is 5.11 Å². The lowest BCUT2D eigenvalue weighted by molar-refractivity contribution is 0.473. The van der Waals surface area contributed by atoms with Gasteiger partial charge < -0.3 is 9.67 Å². The van der Waals surface area contributed by atoms with Crippen molar-refractivity contribution in [2.24, 2.45) is 0 Å². The zero-order valence-electron chi connectivity index (χ0n) is 6.86. The lowest BCUT2D eigenvalue weighted by Gasteiger charge is -1.98. The number of hydrogen-bond acceptors (Lipinski definition) is 2. The van der Waals surface area contributed by atoms with E-state index < -0.39 is 0 Å². The van der Waals surface area contributed by atoms with Crippen LogP contribution in [0.25, 0.3) is 11.0 Å². The molecule has 0 radical (unpaired) electrons. The van der Waals surface area contributed by atoms with E-state index in [1.807, 2.05) is 16.8 Å². The van der Waals surface area contributed by atoms with Gasteiger partial charge in [0.2, 0.25) is 0 Å². The molecule has 0 saturated carbocycles. The van der Waals surface area contributed by atoms with E-state index in [1.165, 1.54) is 6.20 Å². The van der Waals surface area contributed by atoms with Crippen LogP contribution < -0.4 is 0 Å². The van der Waals surface area contributed by atoms with Crippen molar-refractivity contribution in [2.75, 3.05) is 0 Å². The SMILES string of the molecule is CCn1ccc2cc(O)cnc21. The lowest BCUT2D eigenvalue weighted by atomic mass is 10.3. The average molecular weight is 162 g/mol. The average Bonchev–Trinajstić information content (AvgIpc) is 2.46. The van der Waals surface area contributed by atoms with E-state index in [1.54, 1.807) is 6.07 Å². The Kier molecular flexibility index (Phi) is 1.50. The molecule has 2 heterocycles. The highest BCUT2D eigenvalue weighted by molar-refractivity contribution is 5.77. The first-order valence-corrected chi connectivity index (χ1v) is 3.95. The Morgan fingerprint density at radius 3 is 3.17 bits per heavy atom. The third kappa shape index (κ3) is 0.942. The Morgan fingerprint density at radius 1 is 1.58 bits per heavy atom. The second-order valence-electron chi connectivity index (χ2n) is 2.71. The molecule has 62 valence electrons. The number of fused-ring (bicyclic) bond motifs is 1. The standard InChI is InChI=1S/C9H10N2O/c1-2-11-4-3-7-5-8(12)6-10-9(7)11/h3-6,12H,2H2,1H3. The third-order valence-corrected chi connectivity index (χ3v) is 1.93. The maximum Gasteiger partial charge on any atom is 0.140 e. The third-order valence-electron chi connectivity index (χ3n) is 1.93. The maximum absolute atomic E-state index is 9.14. The number of nitrogens with zero attached hydrogens (tertiary/aromatic N) is 2. The molecule has 0 aliphatic rings. The minimum absolute atomic E-state index is 0.219. The van der Waals surface area contributed by atoms with Gasteiger partial charge in [0.1, 0.15) is 11.4 Å². The quantitative estimate of drug-likeness (QED) is 0.693. The predicted molar refractivity (Wildman–Crippen MR) is 47.1 cm³/mol. The fourth-order valence-corrected chi connectivity index (χ4v) is 1.32. The van der Waals surface area contributed by atoms with Crippen LogP contribution in [0.5, 0.6) is 5.75 Å². The van der Waals surface area contributed by atoms with Gasteiger partial charge in [-0.3, -0.25) is 0 Å². The number of hydrogen-bond donors (Lipinski definition) is 1. The van der Waals surface area contributed by atoms with E-state index in [0.717, 1.165) is 17.6 Å². The molecule has 0 atom stereocenters. The highest BCUT2D eigenvalue weighted by atomic mass is 16.3. The van der Waals surface area contributed by atoms with Crippen LogP contribution in [0.3, 0.4) is 0 Å². The number of aromatic nitrogens is 2. The van der Waals surface area contributed by atoms with Gasteiger partial charge in [-0.25, -0.2) is 4.98 Å². The Bertz CT molecular complexity index is 406. The Balaban J connectivity index is 2.73. The molecule has 0 saturated heterocycles. The zero-order chi connectivity index (χ0) is 8.55. The van der Waals surface area contributed by atoms with Gasteiger partial charge >= 0.3 is 0 Å². The highest BCUT2D eigenvalue weighted by Gasteiger charge is 2.00. The molecule has 0 spiro atoms. The molecule has 0 fully saturated rings. The van der Waals surface area contributed by atoms with Crippen LogP contribution >= 0.6 is 0 Å². The molecule has 2 aromatic rings. The fraction of sp³-hybridized carbons (Fsp3) is 0.222. The van der Waals surface area contributed by atoms with E-state index >= 15 is 0 Å². The Morgan fingerprint density at radius 2 is 2.42 bits per heavy atom. The van der Waals surface area contributed by atoms with Crippen molar-refractivity contribution >= 4 is 11.0 Å². The summed E-state index contributed by atoms with van der Waals surface area (Å²) in [5.41, 5.74) is 0.926. The molecule has 1 N–H and O–H groups in total. The molecule has 3 heteroatoms. The second kappa shape index (κ2) is 2.52. The monoisotopic (exact) mass is 162 g/mol. The summed E-state index contributed by atoms with van der Waals surface area (Å²) in [7, 11) is 0. The van der Waals surface area contributed by atoms with E-state index in [-0.39, 0.29) is 5.75 Å². The van der Waals surface area contributed by atoms with Crippen LogP contribution in [-0.2, 0) is 6.54 Å². The molecule has 3 nitrogen and oxygen atoms in total. The molecule has 2 aromatic heterocycles. The predicted octanol–water partition coefficient (Wildman–Crippen LogP) is 1.76. The first-order chi connectivity index (χ1) is 5.81. The number of aromatic hydroxyl groups is 1. The van der Waals surface area contributed by atoms with Gasteiger partial charge in [0.15, 0.2) is 0 Å². The summed E-state index contributed by atoms with van der Waals surface area (Å²) >= 11 is 0. The van der Waals surface area contributed by atoms with Gasteiger partial charge in [0.25, 0.3) is 0 Å². The van der Waals surface area contributed by atoms with Crippen LogP contribution in [0.1, 0.15) is 6.92 Å². The van der Waals surface area contributed by atoms with E-state index in [2.05, 4.69) is 11.9 Å². The first kappa shape index (κ1) is 7.16. The van der Waals surface area contributed by atoms with Crippen molar-refractivity contribution in [3.8, 4) is 5.75 Å². The molecule has 0 aliphatic carbocycles. The molecule has 0 aromatic carbocycles. The first-order valence-electron chi connectivity index (χ1n) is 3.95. The highest BCUT2D eigenvalue weighted by Crippen LogP contribution is 2.17. The second-order valence-corrected chi connectivity index (χ2v) is 2.71. The Labute approximate surface area is 70.3 Å². The zero-order valence-corrected chi connectivity index (χ0v) is 6.86. The number of rotatable bonds is 1. The summed E-state index contributed by atoms with van der Waals surface area (Å²) in [6.07, 6.45) is 3.44. The molecule has 2 rings (SSSR count). The topological polar surface area (TPSA) is 38.0 Å². The van der Waals surface area contributed by atoms with Crippen molar-refractivity contribution in [3.05, 3.63) is 24.5 Å². The molecule has 0 bridgehead atoms. The summed E-state index contributed by atoms with van der Waals surface area (Å²) in [4.78, 5) is 4.12. The molecule has 12 heavy (non-hydrogen) atoms. The lowest BCUT2D eigenvalue weighted by Crippen LogP contribution is -1.92. The van der Waals surface area contributed by atoms with Crippen molar-refractivity contribution in [1.29, 1.82) is 0 Å². The van der Waals surface area contributed by atoms with Crippen molar-refractivity contribution in [3.63, 3.8) is 0 Å². The Hall–Kier alpha value is -1.51. The van der Waals surface area contributed by atoms with Gasteiger partial charge in [-0.2, -0.15) is 0 Å². The van der Waals surface area contributed by atoms with Gasteiger partial charge in [0.05, 0.1) is 6.20 Å². The summed E-state index contributed by atoms with van der Waals surface area (Å²) < 4.78 is 2.04. The van der Waals surface area contributed by atoms with Crippen LogP contribution in [-0.4, -0.2) is 14.7 Å². The van der Waals surface area contributed by atoms with Gasteiger partial charge in [0, 0.05) is 18.1 Å². The molecular weight excluding hydrogens is 152 g/mol. The van der Waals surface area contributed by atoms with E-state index in [4.69, 9.17) is 5.11 Å². The molecule has 0 aliphatic heterocycles. The largest absolute Gasteiger partial charge is 0.506 e. The number of pyridine rings is 1. The van der Waals surface area contributed by atoms with Crippen LogP contribution in [0.2, 0.25) is 0 Å². The van der Waals surface area contributed by atoms with Gasteiger partial charge in [-0.1, -0.05) is 0 Å². The molecule has 0 unspecified atom stereocenters. The minimum atomic E-state index is 0.219. The van der Waals surface area contributed by atoms with Gasteiger partial charge in [-0.15, -0.1) is 0 Å². The van der Waals surface area contributed by atoms with Crippen LogP contribution in [0, 0.1) is 0 Å². The smallest absolute Gasteiger partial charge is 0.140 e. The summed E-state index contributed by atoms with van der Waals surface area (Å²) in [5.74, 6) is 0.219. The summed E-state index contributed by atoms with van der Waals surface area (Å²) in [6.45, 7) is 2.97. The molecule has 0 amide bonds. The van der Waals surface area contributed by atoms with Gasteiger partial charge in [-0.05, 0) is 19.1 Å². The number of aryl methyl sites for hydroxylation is 1. The summed E-state index contributed by atoms with van der Waals surface area (Å²) in [5, 5.41) is 10.1. The molecular formula is C9H10N2O. The maximum atomic E-state index is 9.14.